The average Bonchev–Trinajstić information content (AvgIpc) is 2.54. The number of pyridine rings is 1. The lowest BCUT2D eigenvalue weighted by molar-refractivity contribution is -0.0586. The van der Waals surface area contributed by atoms with E-state index < -0.39 is 10.0 Å². The van der Waals surface area contributed by atoms with Crippen molar-refractivity contribution in [2.75, 3.05) is 25.5 Å². The van der Waals surface area contributed by atoms with E-state index in [9.17, 15) is 8.42 Å². The van der Waals surface area contributed by atoms with Crippen LogP contribution in [0.15, 0.2) is 23.2 Å². The molecule has 2 aliphatic rings. The van der Waals surface area contributed by atoms with E-state index in [4.69, 9.17) is 4.74 Å². The van der Waals surface area contributed by atoms with Crippen LogP contribution in [0.25, 0.3) is 0 Å². The van der Waals surface area contributed by atoms with E-state index in [-0.39, 0.29) is 17.0 Å². The second-order valence-electron chi connectivity index (χ2n) is 5.48. The summed E-state index contributed by atoms with van der Waals surface area (Å²) in [6.07, 6.45) is 5.62. The summed E-state index contributed by atoms with van der Waals surface area (Å²) in [5.41, 5.74) is 0. The summed E-state index contributed by atoms with van der Waals surface area (Å²) in [6.45, 7) is 0.886. The van der Waals surface area contributed by atoms with E-state index in [1.54, 1.807) is 29.7 Å². The highest BCUT2D eigenvalue weighted by atomic mass is 32.2. The smallest absolute Gasteiger partial charge is 0.247 e. The zero-order chi connectivity index (χ0) is 14.9. The van der Waals surface area contributed by atoms with Gasteiger partial charge in [-0.2, -0.15) is 4.31 Å². The van der Waals surface area contributed by atoms with Gasteiger partial charge in [-0.25, -0.2) is 13.4 Å². The summed E-state index contributed by atoms with van der Waals surface area (Å²) >= 11 is 0. The van der Waals surface area contributed by atoms with Gasteiger partial charge in [-0.15, -0.1) is 0 Å². The van der Waals surface area contributed by atoms with Crippen molar-refractivity contribution in [2.45, 2.75) is 42.7 Å². The van der Waals surface area contributed by atoms with Crippen LogP contribution in [0.4, 0.5) is 5.82 Å². The minimum absolute atomic E-state index is 0.0389. The number of nitrogens with zero attached hydrogens (tertiary/aromatic N) is 2. The quantitative estimate of drug-likeness (QED) is 0.915. The summed E-state index contributed by atoms with van der Waals surface area (Å²) < 4.78 is 33.4. The number of anilines is 1. The molecule has 3 rings (SSSR count). The van der Waals surface area contributed by atoms with Gasteiger partial charge in [0, 0.05) is 19.8 Å². The third kappa shape index (κ3) is 2.65. The van der Waals surface area contributed by atoms with E-state index in [2.05, 4.69) is 10.3 Å². The zero-order valence-corrected chi connectivity index (χ0v) is 13.0. The van der Waals surface area contributed by atoms with Crippen LogP contribution >= 0.6 is 0 Å². The molecular formula is C14H21N3O3S. The standard InChI is InChI=1S/C14H21N3O3S/c1-15-14-13(7-4-8-16-14)21(18,19)17-9-10-20-12-6-3-2-5-11(12)17/h4,7-8,11-12H,2-3,5-6,9-10H2,1H3,(H,15,16). The number of ether oxygens (including phenoxy) is 1. The number of rotatable bonds is 3. The molecule has 1 aliphatic carbocycles. The predicted octanol–water partition coefficient (Wildman–Crippen LogP) is 1.46. The van der Waals surface area contributed by atoms with Crippen LogP contribution in [0.1, 0.15) is 25.7 Å². The normalized spacial score (nSPS) is 27.1. The minimum Gasteiger partial charge on any atom is -0.375 e. The van der Waals surface area contributed by atoms with Crippen molar-refractivity contribution in [2.24, 2.45) is 0 Å². The highest BCUT2D eigenvalue weighted by Crippen LogP contribution is 2.33. The largest absolute Gasteiger partial charge is 0.375 e. The minimum atomic E-state index is -3.55. The molecule has 116 valence electrons. The topological polar surface area (TPSA) is 71.5 Å². The molecule has 1 saturated heterocycles. The molecule has 1 aromatic rings. The van der Waals surface area contributed by atoms with E-state index in [1.807, 2.05) is 0 Å². The molecule has 7 heteroatoms. The number of morpholine rings is 1. The van der Waals surface area contributed by atoms with E-state index in [0.717, 1.165) is 25.7 Å². The molecule has 0 radical (unpaired) electrons. The molecule has 6 nitrogen and oxygen atoms in total. The summed E-state index contributed by atoms with van der Waals surface area (Å²) in [5.74, 6) is 0.399. The molecule has 1 saturated carbocycles. The van der Waals surface area contributed by atoms with Crippen molar-refractivity contribution in [1.82, 2.24) is 9.29 Å². The van der Waals surface area contributed by atoms with Gasteiger partial charge in [-0.3, -0.25) is 0 Å². The first kappa shape index (κ1) is 14.7. The number of fused-ring (bicyclic) bond motifs is 1. The van der Waals surface area contributed by atoms with E-state index >= 15 is 0 Å². The van der Waals surface area contributed by atoms with Gasteiger partial charge in [0.2, 0.25) is 10.0 Å². The Kier molecular flexibility index (Phi) is 4.14. The van der Waals surface area contributed by atoms with Crippen molar-refractivity contribution in [3.63, 3.8) is 0 Å². The lowest BCUT2D eigenvalue weighted by Crippen LogP contribution is -2.54. The van der Waals surface area contributed by atoms with Gasteiger partial charge in [0.25, 0.3) is 0 Å². The Morgan fingerprint density at radius 1 is 1.38 bits per heavy atom. The van der Waals surface area contributed by atoms with Crippen molar-refractivity contribution in [3.05, 3.63) is 18.3 Å². The van der Waals surface area contributed by atoms with Crippen LogP contribution in [0, 0.1) is 0 Å². The fourth-order valence-electron chi connectivity index (χ4n) is 3.27. The molecule has 2 unspecified atom stereocenters. The third-order valence-electron chi connectivity index (χ3n) is 4.28. The summed E-state index contributed by atoms with van der Waals surface area (Å²) in [6, 6.07) is 3.23. The Balaban J connectivity index is 1.96. The summed E-state index contributed by atoms with van der Waals surface area (Å²) in [7, 11) is -1.86. The molecule has 1 N–H and O–H groups in total. The number of aromatic nitrogens is 1. The zero-order valence-electron chi connectivity index (χ0n) is 12.2. The maximum absolute atomic E-state index is 13.0. The lowest BCUT2D eigenvalue weighted by atomic mass is 9.91. The van der Waals surface area contributed by atoms with Gasteiger partial charge in [0.1, 0.15) is 10.7 Å². The maximum atomic E-state index is 13.0. The fraction of sp³-hybridized carbons (Fsp3) is 0.643. The van der Waals surface area contributed by atoms with Crippen molar-refractivity contribution < 1.29 is 13.2 Å². The Labute approximate surface area is 125 Å². The molecule has 0 aromatic carbocycles. The van der Waals surface area contributed by atoms with Crippen molar-refractivity contribution in [3.8, 4) is 0 Å². The Morgan fingerprint density at radius 2 is 2.19 bits per heavy atom. The molecule has 1 aromatic heterocycles. The predicted molar refractivity (Wildman–Crippen MR) is 79.7 cm³/mol. The number of hydrogen-bond donors (Lipinski definition) is 1. The molecule has 0 spiro atoms. The lowest BCUT2D eigenvalue weighted by Gasteiger charge is -2.42. The fourth-order valence-corrected chi connectivity index (χ4v) is 5.09. The number of nitrogens with one attached hydrogen (secondary N) is 1. The van der Waals surface area contributed by atoms with E-state index in [0.29, 0.717) is 19.0 Å². The molecule has 2 fully saturated rings. The van der Waals surface area contributed by atoms with E-state index in [1.165, 1.54) is 0 Å². The Bertz CT molecular complexity index is 603. The molecule has 2 heterocycles. The van der Waals surface area contributed by atoms with Gasteiger partial charge >= 0.3 is 0 Å². The van der Waals surface area contributed by atoms with Gasteiger partial charge < -0.3 is 10.1 Å². The maximum Gasteiger partial charge on any atom is 0.247 e. The van der Waals surface area contributed by atoms with Gasteiger partial charge in [0.05, 0.1) is 18.8 Å². The molecule has 1 aliphatic heterocycles. The SMILES string of the molecule is CNc1ncccc1S(=O)(=O)N1CCOC2CCCCC21. The van der Waals surface area contributed by atoms with Crippen LogP contribution < -0.4 is 5.32 Å². The van der Waals surface area contributed by atoms with Crippen molar-refractivity contribution in [1.29, 1.82) is 0 Å². The number of hydrogen-bond acceptors (Lipinski definition) is 5. The van der Waals surface area contributed by atoms with Crippen LogP contribution in [0.3, 0.4) is 0 Å². The summed E-state index contributed by atoms with van der Waals surface area (Å²) in [4.78, 5) is 4.36. The van der Waals surface area contributed by atoms with Gasteiger partial charge in [0.15, 0.2) is 0 Å². The highest BCUT2D eigenvalue weighted by Gasteiger charge is 2.41. The summed E-state index contributed by atoms with van der Waals surface area (Å²) in [5, 5.41) is 2.86. The molecular weight excluding hydrogens is 290 g/mol. The Hall–Kier alpha value is -1.18. The first-order chi connectivity index (χ1) is 10.1. The van der Waals surface area contributed by atoms with Crippen molar-refractivity contribution >= 4 is 15.8 Å². The monoisotopic (exact) mass is 311 g/mol. The molecule has 21 heavy (non-hydrogen) atoms. The second-order valence-corrected chi connectivity index (χ2v) is 7.34. The third-order valence-corrected chi connectivity index (χ3v) is 6.23. The van der Waals surface area contributed by atoms with Crippen LogP contribution in [-0.4, -0.2) is 50.1 Å². The first-order valence-corrected chi connectivity index (χ1v) is 8.85. The van der Waals surface area contributed by atoms with Gasteiger partial charge in [-0.05, 0) is 25.0 Å². The second kappa shape index (κ2) is 5.90. The van der Waals surface area contributed by atoms with Crippen LogP contribution in [0.2, 0.25) is 0 Å². The van der Waals surface area contributed by atoms with Crippen LogP contribution in [0.5, 0.6) is 0 Å². The average molecular weight is 311 g/mol. The van der Waals surface area contributed by atoms with Crippen LogP contribution in [-0.2, 0) is 14.8 Å². The number of sulfonamides is 1. The first-order valence-electron chi connectivity index (χ1n) is 7.41. The van der Waals surface area contributed by atoms with Gasteiger partial charge in [-0.1, -0.05) is 12.8 Å². The highest BCUT2D eigenvalue weighted by molar-refractivity contribution is 7.89. The molecule has 0 bridgehead atoms. The molecule has 2 atom stereocenters. The Morgan fingerprint density at radius 3 is 3.00 bits per heavy atom. The molecule has 0 amide bonds.